The smallest absolute Gasteiger partial charge is 0.156 e. The molecule has 2 aliphatic rings. The predicted molar refractivity (Wildman–Crippen MR) is 104 cm³/mol. The summed E-state index contributed by atoms with van der Waals surface area (Å²) in [4.78, 5) is 12.0. The van der Waals surface area contributed by atoms with Gasteiger partial charge in [-0.05, 0) is 42.5 Å². The van der Waals surface area contributed by atoms with E-state index in [0.717, 1.165) is 42.4 Å². The van der Waals surface area contributed by atoms with Crippen LogP contribution in [0.5, 0.6) is 5.75 Å². The Morgan fingerprint density at radius 2 is 2.12 bits per heavy atom. The zero-order chi connectivity index (χ0) is 17.5. The molecule has 0 amide bonds. The van der Waals surface area contributed by atoms with Crippen molar-refractivity contribution < 1.29 is 9.53 Å². The molecule has 1 aromatic rings. The molecule has 3 rings (SSSR count). The lowest BCUT2D eigenvalue weighted by Gasteiger charge is -2.33. The molecule has 1 atom stereocenters. The molecular weight excluding hydrogens is 383 g/mol. The molecule has 0 saturated heterocycles. The van der Waals surface area contributed by atoms with Crippen molar-refractivity contribution in [1.82, 2.24) is 0 Å². The largest absolute Gasteiger partial charge is 0.484 e. The van der Waals surface area contributed by atoms with Crippen molar-refractivity contribution >= 4 is 52.8 Å². The lowest BCUT2D eigenvalue weighted by molar-refractivity contribution is -0.115. The number of amidine groups is 1. The number of ether oxygens (including phenoxy) is 1. The number of carbonyl (C=O) groups excluding carboxylic acids is 1. The highest BCUT2D eigenvalue weighted by atomic mass is 35.5. The molecule has 0 saturated carbocycles. The molecule has 1 unspecified atom stereocenters. The summed E-state index contributed by atoms with van der Waals surface area (Å²) < 4.78 is 5.52. The van der Waals surface area contributed by atoms with Crippen molar-refractivity contribution in [1.29, 1.82) is 5.41 Å². The molecule has 0 spiro atoms. The van der Waals surface area contributed by atoms with Crippen molar-refractivity contribution in [2.75, 3.05) is 6.61 Å². The van der Waals surface area contributed by atoms with Crippen LogP contribution in [0.3, 0.4) is 0 Å². The predicted octanol–water partition coefficient (Wildman–Crippen LogP) is 4.82. The molecule has 0 heterocycles. The van der Waals surface area contributed by atoms with E-state index in [9.17, 15) is 4.79 Å². The third-order valence-electron chi connectivity index (χ3n) is 4.89. The van der Waals surface area contributed by atoms with E-state index in [1.165, 1.54) is 0 Å². The summed E-state index contributed by atoms with van der Waals surface area (Å²) in [5.41, 5.74) is 8.29. The van der Waals surface area contributed by atoms with Crippen LogP contribution in [0.2, 0.25) is 10.0 Å². The van der Waals surface area contributed by atoms with Gasteiger partial charge in [-0.1, -0.05) is 36.5 Å². The summed E-state index contributed by atoms with van der Waals surface area (Å²) in [7, 11) is 0. The maximum atomic E-state index is 12.0. The van der Waals surface area contributed by atoms with Crippen molar-refractivity contribution in [2.45, 2.75) is 39.0 Å². The molecule has 0 aliphatic heterocycles. The number of ketones is 1. The standard InChI is InChI=1S/C18H20Cl2N2O2.ClH/c1-2-4-18-5-3-11(23)7-12(18)15-10(8-18)6-13(16(19)17(15)20)24-9-14(21)22;/h6-7H,2-5,8-9H2,1H3,(H3,21,22);1H. The monoisotopic (exact) mass is 402 g/mol. The van der Waals surface area contributed by atoms with Gasteiger partial charge >= 0.3 is 0 Å². The first-order valence-corrected chi connectivity index (χ1v) is 8.85. The highest BCUT2D eigenvalue weighted by molar-refractivity contribution is 6.44. The maximum absolute atomic E-state index is 12.0. The Balaban J connectivity index is 0.00000225. The number of benzene rings is 1. The number of rotatable bonds is 5. The number of nitrogens with two attached hydrogens (primary N) is 1. The van der Waals surface area contributed by atoms with Crippen molar-refractivity contribution in [3.05, 3.63) is 33.3 Å². The number of carbonyl (C=O) groups is 1. The fourth-order valence-corrected chi connectivity index (χ4v) is 4.46. The Morgan fingerprint density at radius 3 is 2.76 bits per heavy atom. The number of allylic oxidation sites excluding steroid dienone is 2. The van der Waals surface area contributed by atoms with Gasteiger partial charge in [0.05, 0.1) is 5.02 Å². The highest BCUT2D eigenvalue weighted by Crippen LogP contribution is 2.58. The molecule has 3 N–H and O–H groups in total. The van der Waals surface area contributed by atoms with Gasteiger partial charge in [-0.2, -0.15) is 0 Å². The third kappa shape index (κ3) is 3.53. The molecule has 25 heavy (non-hydrogen) atoms. The second kappa shape index (κ2) is 7.56. The topological polar surface area (TPSA) is 76.2 Å². The Bertz CT molecular complexity index is 761. The molecule has 7 heteroatoms. The number of fused-ring (bicyclic) bond motifs is 3. The van der Waals surface area contributed by atoms with Gasteiger partial charge < -0.3 is 10.5 Å². The number of halogens is 3. The average molecular weight is 404 g/mol. The van der Waals surface area contributed by atoms with Crippen molar-refractivity contribution in [3.8, 4) is 5.75 Å². The minimum Gasteiger partial charge on any atom is -0.484 e. The van der Waals surface area contributed by atoms with Gasteiger partial charge in [0.25, 0.3) is 0 Å². The summed E-state index contributed by atoms with van der Waals surface area (Å²) >= 11 is 12.9. The highest BCUT2D eigenvalue weighted by Gasteiger charge is 2.45. The Morgan fingerprint density at radius 1 is 1.40 bits per heavy atom. The maximum Gasteiger partial charge on any atom is 0.156 e. The molecule has 4 nitrogen and oxygen atoms in total. The van der Waals surface area contributed by atoms with E-state index >= 15 is 0 Å². The molecule has 0 radical (unpaired) electrons. The van der Waals surface area contributed by atoms with E-state index in [1.54, 1.807) is 6.08 Å². The fourth-order valence-electron chi connectivity index (χ4n) is 3.94. The number of nitrogens with one attached hydrogen (secondary N) is 1. The minimum absolute atomic E-state index is 0. The summed E-state index contributed by atoms with van der Waals surface area (Å²) in [6.45, 7) is 2.12. The second-order valence-electron chi connectivity index (χ2n) is 6.58. The summed E-state index contributed by atoms with van der Waals surface area (Å²) in [5.74, 6) is 0.508. The molecule has 1 aromatic carbocycles. The molecule has 0 aromatic heterocycles. The zero-order valence-corrected chi connectivity index (χ0v) is 16.3. The lowest BCUT2D eigenvalue weighted by atomic mass is 9.70. The third-order valence-corrected chi connectivity index (χ3v) is 5.74. The van der Waals surface area contributed by atoms with Crippen molar-refractivity contribution in [3.63, 3.8) is 0 Å². The van der Waals surface area contributed by atoms with Crippen LogP contribution in [-0.4, -0.2) is 18.2 Å². The summed E-state index contributed by atoms with van der Waals surface area (Å²) in [6, 6.07) is 1.88. The van der Waals surface area contributed by atoms with Gasteiger partial charge in [0.2, 0.25) is 0 Å². The van der Waals surface area contributed by atoms with Crippen LogP contribution in [0.15, 0.2) is 12.1 Å². The fraction of sp³-hybridized carbons (Fsp3) is 0.444. The van der Waals surface area contributed by atoms with Gasteiger partial charge in [-0.3, -0.25) is 10.2 Å². The SMILES string of the molecule is CCCC12CCC(=O)C=C1c1c(cc(OCC(=N)N)c(Cl)c1Cl)C2.Cl. The normalized spacial score (nSPS) is 21.1. The molecule has 0 bridgehead atoms. The second-order valence-corrected chi connectivity index (χ2v) is 7.34. The number of hydrogen-bond acceptors (Lipinski definition) is 3. The van der Waals surface area contributed by atoms with Crippen LogP contribution >= 0.6 is 35.6 Å². The molecule has 0 fully saturated rings. The number of hydrogen-bond donors (Lipinski definition) is 2. The van der Waals surface area contributed by atoms with Gasteiger partial charge in [0.15, 0.2) is 5.78 Å². The van der Waals surface area contributed by atoms with Gasteiger partial charge in [-0.25, -0.2) is 0 Å². The Kier molecular flexibility index (Phi) is 6.08. The first kappa shape index (κ1) is 20.1. The van der Waals surface area contributed by atoms with Crippen molar-refractivity contribution in [2.24, 2.45) is 11.1 Å². The minimum atomic E-state index is -0.0767. The summed E-state index contributed by atoms with van der Waals surface area (Å²) in [6.07, 6.45) is 6.07. The Hall–Kier alpha value is -1.23. The van der Waals surface area contributed by atoms with Gasteiger partial charge in [-0.15, -0.1) is 12.4 Å². The van der Waals surface area contributed by atoms with E-state index in [4.69, 9.17) is 39.1 Å². The Labute approximate surface area is 163 Å². The zero-order valence-electron chi connectivity index (χ0n) is 14.0. The first-order chi connectivity index (χ1) is 11.4. The van der Waals surface area contributed by atoms with Crippen LogP contribution in [-0.2, 0) is 11.2 Å². The van der Waals surface area contributed by atoms with Crippen LogP contribution < -0.4 is 10.5 Å². The van der Waals surface area contributed by atoms with Crippen LogP contribution in [0.1, 0.15) is 43.7 Å². The average Bonchev–Trinajstić information content (AvgIpc) is 2.83. The van der Waals surface area contributed by atoms with E-state index in [1.807, 2.05) is 6.07 Å². The molecule has 2 aliphatic carbocycles. The first-order valence-electron chi connectivity index (χ1n) is 8.10. The van der Waals surface area contributed by atoms with E-state index in [0.29, 0.717) is 22.2 Å². The van der Waals surface area contributed by atoms with Crippen LogP contribution in [0.4, 0.5) is 0 Å². The van der Waals surface area contributed by atoms with E-state index < -0.39 is 0 Å². The molecule has 136 valence electrons. The van der Waals surface area contributed by atoms with Crippen LogP contribution in [0.25, 0.3) is 5.57 Å². The quantitative estimate of drug-likeness (QED) is 0.546. The van der Waals surface area contributed by atoms with E-state index in [2.05, 4.69) is 6.92 Å². The van der Waals surface area contributed by atoms with Crippen LogP contribution in [0, 0.1) is 10.8 Å². The van der Waals surface area contributed by atoms with Gasteiger partial charge in [0, 0.05) is 17.4 Å². The summed E-state index contributed by atoms with van der Waals surface area (Å²) in [5, 5.41) is 8.02. The molecular formula is C18H21Cl3N2O2. The van der Waals surface area contributed by atoms with E-state index in [-0.39, 0.29) is 36.0 Å². The van der Waals surface area contributed by atoms with Gasteiger partial charge in [0.1, 0.15) is 23.2 Å². The lowest BCUT2D eigenvalue weighted by Crippen LogP contribution is -2.25.